The summed E-state index contributed by atoms with van der Waals surface area (Å²) >= 11 is 6.07. The molecule has 0 saturated carbocycles. The molecule has 0 amide bonds. The molecule has 7 nitrogen and oxygen atoms in total. The first kappa shape index (κ1) is 21.5. The molecule has 1 aromatic carbocycles. The van der Waals surface area contributed by atoms with Gasteiger partial charge in [0.1, 0.15) is 18.0 Å². The van der Waals surface area contributed by atoms with Crippen molar-refractivity contribution in [3.05, 3.63) is 63.7 Å². The number of aliphatic hydroxyl groups excluding tert-OH is 2. The summed E-state index contributed by atoms with van der Waals surface area (Å²) in [6, 6.07) is 6.26. The number of nitroso groups, excluding NO2 is 1. The molecule has 4 atom stereocenters. The zero-order valence-electron chi connectivity index (χ0n) is 16.5. The first-order chi connectivity index (χ1) is 13.9. The summed E-state index contributed by atoms with van der Waals surface area (Å²) in [7, 11) is 1.71. The number of allylic oxidation sites excluding steroid dienone is 1. The minimum Gasteiger partial charge on any atom is -0.386 e. The Bertz CT molecular complexity index is 898. The van der Waals surface area contributed by atoms with E-state index in [1.807, 2.05) is 19.1 Å². The lowest BCUT2D eigenvalue weighted by Gasteiger charge is -2.30. The first-order valence-electron chi connectivity index (χ1n) is 9.50. The van der Waals surface area contributed by atoms with Gasteiger partial charge in [-0.1, -0.05) is 29.4 Å². The Morgan fingerprint density at radius 2 is 2.21 bits per heavy atom. The molecule has 0 fully saturated rings. The number of aliphatic hydroxyl groups is 2. The van der Waals surface area contributed by atoms with Crippen LogP contribution in [0.25, 0.3) is 5.57 Å². The highest BCUT2D eigenvalue weighted by Gasteiger charge is 2.34. The van der Waals surface area contributed by atoms with Crippen LogP contribution >= 0.6 is 11.6 Å². The van der Waals surface area contributed by atoms with Gasteiger partial charge in [0.15, 0.2) is 6.23 Å². The van der Waals surface area contributed by atoms with Gasteiger partial charge in [0, 0.05) is 30.3 Å². The molecular weight excluding hydrogens is 394 g/mol. The van der Waals surface area contributed by atoms with Gasteiger partial charge < -0.3 is 24.8 Å². The lowest BCUT2D eigenvalue weighted by atomic mass is 9.92. The Hall–Kier alpha value is -2.19. The number of halogens is 1. The van der Waals surface area contributed by atoms with Crippen molar-refractivity contribution in [3.63, 3.8) is 0 Å². The monoisotopic (exact) mass is 419 g/mol. The zero-order chi connectivity index (χ0) is 21.1. The summed E-state index contributed by atoms with van der Waals surface area (Å²) in [6.07, 6.45) is -0.650. The number of fused-ring (bicyclic) bond motifs is 1. The first-order valence-corrected chi connectivity index (χ1v) is 9.88. The number of nitrogens with zero attached hydrogens (tertiary/aromatic N) is 2. The molecule has 3 N–H and O–H groups in total. The molecule has 1 aromatic heterocycles. The van der Waals surface area contributed by atoms with Gasteiger partial charge in [-0.25, -0.2) is 0 Å². The lowest BCUT2D eigenvalue weighted by Crippen LogP contribution is -2.36. The third-order valence-electron chi connectivity index (χ3n) is 5.33. The Morgan fingerprint density at radius 3 is 2.86 bits per heavy atom. The number of hydrogen-bond acceptors (Lipinski definition) is 6. The molecule has 2 heterocycles. The maximum absolute atomic E-state index is 11.6. The largest absolute Gasteiger partial charge is 0.386 e. The van der Waals surface area contributed by atoms with Crippen LogP contribution in [0, 0.1) is 4.91 Å². The summed E-state index contributed by atoms with van der Waals surface area (Å²) in [5.74, 6) is 0.600. The zero-order valence-corrected chi connectivity index (χ0v) is 17.3. The fourth-order valence-corrected chi connectivity index (χ4v) is 4.00. The van der Waals surface area contributed by atoms with Crippen LogP contribution < -0.4 is 5.32 Å². The molecule has 1 aliphatic heterocycles. The van der Waals surface area contributed by atoms with E-state index in [1.165, 1.54) is 4.57 Å². The van der Waals surface area contributed by atoms with Gasteiger partial charge in [-0.15, -0.1) is 0 Å². The number of ether oxygens (including phenoxy) is 1. The molecule has 0 saturated heterocycles. The molecule has 1 aliphatic rings. The third kappa shape index (κ3) is 4.38. The second-order valence-corrected chi connectivity index (χ2v) is 7.72. The summed E-state index contributed by atoms with van der Waals surface area (Å²) in [4.78, 5) is 11.6. The average molecular weight is 420 g/mol. The normalized spacial score (nSPS) is 19.1. The molecule has 4 unspecified atom stereocenters. The molecule has 0 bridgehead atoms. The van der Waals surface area contributed by atoms with E-state index in [2.05, 4.69) is 17.1 Å². The minimum absolute atomic E-state index is 0.153. The van der Waals surface area contributed by atoms with E-state index in [4.69, 9.17) is 16.3 Å². The molecule has 3 rings (SSSR count). The van der Waals surface area contributed by atoms with E-state index in [-0.39, 0.29) is 6.42 Å². The molecule has 0 aliphatic carbocycles. The SMILES string of the molecule is C=C(C)c1ccn(C(O)C(O)C(CC2OCCc3cc(Cl)ccc32)N=O)c1NC. The van der Waals surface area contributed by atoms with Gasteiger partial charge in [-0.3, -0.25) is 0 Å². The number of aromatic nitrogens is 1. The topological polar surface area (TPSA) is 96.1 Å². The van der Waals surface area contributed by atoms with Crippen LogP contribution in [0.5, 0.6) is 0 Å². The number of rotatable bonds is 8. The van der Waals surface area contributed by atoms with Crippen molar-refractivity contribution in [3.8, 4) is 0 Å². The standard InChI is InChI=1S/C21H26ClN3O4/c1-12(2)15-6-8-25(20(15)23-3)21(27)19(26)17(24-28)11-18-16-5-4-14(22)10-13(16)7-9-29-18/h4-6,8,10,17-19,21,23,26-27H,1,7,9,11H2,2-3H3. The highest BCUT2D eigenvalue weighted by molar-refractivity contribution is 6.30. The van der Waals surface area contributed by atoms with Crippen molar-refractivity contribution in [2.24, 2.45) is 5.18 Å². The van der Waals surface area contributed by atoms with E-state index < -0.39 is 24.5 Å². The van der Waals surface area contributed by atoms with Crippen LogP contribution in [0.15, 0.2) is 42.2 Å². The smallest absolute Gasteiger partial charge is 0.160 e. The molecule has 29 heavy (non-hydrogen) atoms. The van der Waals surface area contributed by atoms with Crippen LogP contribution in [0.2, 0.25) is 5.02 Å². The number of anilines is 1. The van der Waals surface area contributed by atoms with Crippen molar-refractivity contribution in [1.29, 1.82) is 0 Å². The quantitative estimate of drug-likeness (QED) is 0.564. The number of benzene rings is 1. The van der Waals surface area contributed by atoms with Gasteiger partial charge in [0.05, 0.1) is 12.7 Å². The van der Waals surface area contributed by atoms with Crippen molar-refractivity contribution in [1.82, 2.24) is 4.57 Å². The third-order valence-corrected chi connectivity index (χ3v) is 5.56. The van der Waals surface area contributed by atoms with Gasteiger partial charge in [-0.05, 0) is 48.2 Å². The van der Waals surface area contributed by atoms with Crippen molar-refractivity contribution < 1.29 is 14.9 Å². The second-order valence-electron chi connectivity index (χ2n) is 7.28. The van der Waals surface area contributed by atoms with Crippen LogP contribution in [-0.2, 0) is 11.2 Å². The van der Waals surface area contributed by atoms with Crippen molar-refractivity contribution in [2.75, 3.05) is 19.0 Å². The lowest BCUT2D eigenvalue weighted by molar-refractivity contribution is -0.0533. The maximum atomic E-state index is 11.6. The van der Waals surface area contributed by atoms with E-state index in [1.54, 1.807) is 25.4 Å². The summed E-state index contributed by atoms with van der Waals surface area (Å²) in [5.41, 5.74) is 3.61. The summed E-state index contributed by atoms with van der Waals surface area (Å²) in [5, 5.41) is 28.2. The molecule has 0 radical (unpaired) electrons. The van der Waals surface area contributed by atoms with Crippen LogP contribution in [0.4, 0.5) is 5.82 Å². The Morgan fingerprint density at radius 1 is 1.45 bits per heavy atom. The van der Waals surface area contributed by atoms with Crippen LogP contribution in [0.3, 0.4) is 0 Å². The van der Waals surface area contributed by atoms with Gasteiger partial charge >= 0.3 is 0 Å². The Kier molecular flexibility index (Phi) is 6.74. The molecule has 8 heteroatoms. The second kappa shape index (κ2) is 9.09. The maximum Gasteiger partial charge on any atom is 0.160 e. The summed E-state index contributed by atoms with van der Waals surface area (Å²) in [6.45, 7) is 6.26. The minimum atomic E-state index is -1.41. The highest BCUT2D eigenvalue weighted by atomic mass is 35.5. The highest BCUT2D eigenvalue weighted by Crippen LogP contribution is 2.35. The van der Waals surface area contributed by atoms with Crippen molar-refractivity contribution in [2.45, 2.75) is 44.2 Å². The molecule has 2 aromatic rings. The Balaban J connectivity index is 1.81. The number of hydrogen-bond donors (Lipinski definition) is 3. The molecular formula is C21H26ClN3O4. The van der Waals surface area contributed by atoms with Gasteiger partial charge in [0.2, 0.25) is 0 Å². The van der Waals surface area contributed by atoms with Crippen LogP contribution in [-0.4, -0.2) is 40.6 Å². The average Bonchev–Trinajstić information content (AvgIpc) is 3.15. The molecule has 156 valence electrons. The predicted molar refractivity (Wildman–Crippen MR) is 114 cm³/mol. The van der Waals surface area contributed by atoms with E-state index in [9.17, 15) is 15.1 Å². The predicted octanol–water partition coefficient (Wildman–Crippen LogP) is 3.91. The fourth-order valence-electron chi connectivity index (χ4n) is 3.80. The number of nitrogens with one attached hydrogen (secondary N) is 1. The van der Waals surface area contributed by atoms with Gasteiger partial charge in [0.25, 0.3) is 0 Å². The van der Waals surface area contributed by atoms with E-state index >= 15 is 0 Å². The van der Waals surface area contributed by atoms with E-state index in [0.29, 0.717) is 17.4 Å². The fraction of sp³-hybridized carbons (Fsp3) is 0.429. The van der Waals surface area contributed by atoms with Crippen molar-refractivity contribution >= 4 is 23.0 Å². The molecule has 0 spiro atoms. The van der Waals surface area contributed by atoms with Crippen LogP contribution in [0.1, 0.15) is 42.4 Å². The van der Waals surface area contributed by atoms with Gasteiger partial charge in [-0.2, -0.15) is 4.91 Å². The van der Waals surface area contributed by atoms with E-state index in [0.717, 1.165) is 28.7 Å². The summed E-state index contributed by atoms with van der Waals surface area (Å²) < 4.78 is 7.30. The Labute approximate surface area is 174 Å².